The minimum Gasteiger partial charge on any atom is -0.490 e. The van der Waals surface area contributed by atoms with Crippen molar-refractivity contribution in [1.82, 2.24) is 14.9 Å². The van der Waals surface area contributed by atoms with E-state index in [0.717, 1.165) is 5.56 Å². The summed E-state index contributed by atoms with van der Waals surface area (Å²) >= 11 is 5.23. The van der Waals surface area contributed by atoms with Gasteiger partial charge in [-0.05, 0) is 62.0 Å². The summed E-state index contributed by atoms with van der Waals surface area (Å²) in [7, 11) is 0. The van der Waals surface area contributed by atoms with Crippen LogP contribution >= 0.6 is 12.2 Å². The molecule has 0 spiro atoms. The molecule has 7 nitrogen and oxygen atoms in total. The van der Waals surface area contributed by atoms with Gasteiger partial charge >= 0.3 is 0 Å². The summed E-state index contributed by atoms with van der Waals surface area (Å²) in [5.74, 6) is 2.46. The predicted molar refractivity (Wildman–Crippen MR) is 96.9 cm³/mol. The first-order valence-electron chi connectivity index (χ1n) is 7.88. The van der Waals surface area contributed by atoms with Crippen LogP contribution in [0.25, 0.3) is 11.6 Å². The number of nitrogens with one attached hydrogen (secondary N) is 1. The van der Waals surface area contributed by atoms with Crippen molar-refractivity contribution in [3.05, 3.63) is 46.9 Å². The maximum atomic E-state index is 5.63. The number of rotatable bonds is 7. The van der Waals surface area contributed by atoms with Crippen molar-refractivity contribution in [1.29, 1.82) is 0 Å². The third-order valence-corrected chi connectivity index (χ3v) is 3.55. The van der Waals surface area contributed by atoms with E-state index in [0.29, 0.717) is 41.1 Å². The van der Waals surface area contributed by atoms with E-state index < -0.39 is 0 Å². The second-order valence-corrected chi connectivity index (χ2v) is 5.34. The molecule has 0 saturated carbocycles. The Morgan fingerprint density at radius 2 is 2.04 bits per heavy atom. The lowest BCUT2D eigenvalue weighted by molar-refractivity contribution is 0.288. The van der Waals surface area contributed by atoms with E-state index in [-0.39, 0.29) is 0 Å². The SMILES string of the molecule is CCOc1ccc(/C=N\n2c(-c3ccco3)n[nH]c2=S)cc1OCC. The molecule has 2 heterocycles. The number of aromatic nitrogens is 3. The van der Waals surface area contributed by atoms with Gasteiger partial charge in [0.15, 0.2) is 17.3 Å². The standard InChI is InChI=1S/C17H18N4O3S/c1-3-22-13-8-7-12(10-15(13)23-4-2)11-18-21-16(19-20-17(21)25)14-6-5-9-24-14/h5-11H,3-4H2,1-2H3,(H,20,25)/b18-11-. The lowest BCUT2D eigenvalue weighted by Gasteiger charge is -2.11. The number of hydrogen-bond acceptors (Lipinski definition) is 6. The van der Waals surface area contributed by atoms with E-state index in [9.17, 15) is 0 Å². The predicted octanol–water partition coefficient (Wildman–Crippen LogP) is 3.88. The highest BCUT2D eigenvalue weighted by Gasteiger charge is 2.10. The maximum Gasteiger partial charge on any atom is 0.219 e. The van der Waals surface area contributed by atoms with Gasteiger partial charge in [0.05, 0.1) is 25.7 Å². The molecule has 0 aliphatic carbocycles. The van der Waals surface area contributed by atoms with Crippen LogP contribution in [0.5, 0.6) is 11.5 Å². The van der Waals surface area contributed by atoms with Gasteiger partial charge in [-0.15, -0.1) is 5.10 Å². The Morgan fingerprint density at radius 3 is 2.76 bits per heavy atom. The number of benzene rings is 1. The van der Waals surface area contributed by atoms with Crippen molar-refractivity contribution < 1.29 is 13.9 Å². The summed E-state index contributed by atoms with van der Waals surface area (Å²) in [4.78, 5) is 0. The van der Waals surface area contributed by atoms with Crippen LogP contribution < -0.4 is 9.47 Å². The van der Waals surface area contributed by atoms with Gasteiger partial charge in [0.25, 0.3) is 0 Å². The lowest BCUT2D eigenvalue weighted by atomic mass is 10.2. The van der Waals surface area contributed by atoms with E-state index in [1.807, 2.05) is 32.0 Å². The van der Waals surface area contributed by atoms with Crippen LogP contribution in [0.3, 0.4) is 0 Å². The molecule has 25 heavy (non-hydrogen) atoms. The van der Waals surface area contributed by atoms with Crippen molar-refractivity contribution in [2.75, 3.05) is 13.2 Å². The van der Waals surface area contributed by atoms with Crippen LogP contribution in [0, 0.1) is 4.77 Å². The van der Waals surface area contributed by atoms with Crippen molar-refractivity contribution in [2.24, 2.45) is 5.10 Å². The zero-order valence-corrected chi connectivity index (χ0v) is 14.7. The first kappa shape index (κ1) is 17.0. The van der Waals surface area contributed by atoms with Crippen LogP contribution in [-0.4, -0.2) is 34.3 Å². The van der Waals surface area contributed by atoms with Crippen LogP contribution in [0.15, 0.2) is 46.1 Å². The van der Waals surface area contributed by atoms with Crippen molar-refractivity contribution in [3.63, 3.8) is 0 Å². The van der Waals surface area contributed by atoms with Gasteiger partial charge in [-0.3, -0.25) is 0 Å². The monoisotopic (exact) mass is 358 g/mol. The zero-order chi connectivity index (χ0) is 17.6. The number of nitrogens with zero attached hydrogens (tertiary/aromatic N) is 3. The first-order chi connectivity index (χ1) is 12.2. The van der Waals surface area contributed by atoms with Crippen LogP contribution in [0.1, 0.15) is 19.4 Å². The first-order valence-corrected chi connectivity index (χ1v) is 8.29. The molecule has 0 bridgehead atoms. The highest BCUT2D eigenvalue weighted by Crippen LogP contribution is 2.28. The molecular formula is C17H18N4O3S. The number of H-pyrrole nitrogens is 1. The average molecular weight is 358 g/mol. The molecule has 0 fully saturated rings. The van der Waals surface area contributed by atoms with Gasteiger partial charge in [-0.25, -0.2) is 5.10 Å². The highest BCUT2D eigenvalue weighted by molar-refractivity contribution is 7.71. The van der Waals surface area contributed by atoms with Gasteiger partial charge in [0.2, 0.25) is 10.6 Å². The number of hydrogen-bond donors (Lipinski definition) is 1. The van der Waals surface area contributed by atoms with Gasteiger partial charge < -0.3 is 13.9 Å². The Labute approximate surface area is 149 Å². The minimum atomic E-state index is 0.374. The van der Waals surface area contributed by atoms with Crippen molar-refractivity contribution in [3.8, 4) is 23.1 Å². The fourth-order valence-corrected chi connectivity index (χ4v) is 2.42. The molecule has 0 atom stereocenters. The lowest BCUT2D eigenvalue weighted by Crippen LogP contribution is -1.99. The number of furan rings is 1. The summed E-state index contributed by atoms with van der Waals surface area (Å²) in [6.07, 6.45) is 3.25. The molecule has 0 aliphatic rings. The maximum absolute atomic E-state index is 5.63. The average Bonchev–Trinajstić information content (AvgIpc) is 3.25. The molecule has 0 aliphatic heterocycles. The van der Waals surface area contributed by atoms with Crippen LogP contribution in [0.4, 0.5) is 0 Å². The van der Waals surface area contributed by atoms with Gasteiger partial charge in [-0.1, -0.05) is 0 Å². The Balaban J connectivity index is 1.91. The molecule has 3 rings (SSSR count). The third kappa shape index (κ3) is 3.80. The fraction of sp³-hybridized carbons (Fsp3) is 0.235. The molecule has 0 saturated heterocycles. The van der Waals surface area contributed by atoms with E-state index in [4.69, 9.17) is 26.1 Å². The smallest absolute Gasteiger partial charge is 0.219 e. The Morgan fingerprint density at radius 1 is 1.24 bits per heavy atom. The topological polar surface area (TPSA) is 77.6 Å². The normalized spacial score (nSPS) is 11.1. The highest BCUT2D eigenvalue weighted by atomic mass is 32.1. The van der Waals surface area contributed by atoms with Gasteiger partial charge in [0.1, 0.15) is 0 Å². The molecule has 0 amide bonds. The molecule has 8 heteroatoms. The van der Waals surface area contributed by atoms with Crippen molar-refractivity contribution in [2.45, 2.75) is 13.8 Å². The molecule has 3 aromatic rings. The van der Waals surface area contributed by atoms with E-state index in [1.165, 1.54) is 4.68 Å². The summed E-state index contributed by atoms with van der Waals surface area (Å²) in [5.41, 5.74) is 0.848. The second-order valence-electron chi connectivity index (χ2n) is 4.96. The van der Waals surface area contributed by atoms with Gasteiger partial charge in [-0.2, -0.15) is 9.78 Å². The molecule has 1 N–H and O–H groups in total. The quantitative estimate of drug-likeness (QED) is 0.512. The molecule has 1 aromatic carbocycles. The Bertz CT molecular complexity index is 912. The summed E-state index contributed by atoms with van der Waals surface area (Å²) in [5, 5.41) is 11.3. The van der Waals surface area contributed by atoms with E-state index in [1.54, 1.807) is 24.6 Å². The molecule has 2 aromatic heterocycles. The van der Waals surface area contributed by atoms with Crippen LogP contribution in [-0.2, 0) is 0 Å². The molecule has 0 unspecified atom stereocenters. The Hall–Kier alpha value is -2.87. The van der Waals surface area contributed by atoms with Crippen LogP contribution in [0.2, 0.25) is 0 Å². The summed E-state index contributed by atoms with van der Waals surface area (Å²) in [6, 6.07) is 9.20. The molecular weight excluding hydrogens is 340 g/mol. The fourth-order valence-electron chi connectivity index (χ4n) is 2.24. The second kappa shape index (κ2) is 7.80. The van der Waals surface area contributed by atoms with Gasteiger partial charge in [0, 0.05) is 0 Å². The van der Waals surface area contributed by atoms with Crippen molar-refractivity contribution >= 4 is 18.4 Å². The van der Waals surface area contributed by atoms with E-state index in [2.05, 4.69) is 15.3 Å². The third-order valence-electron chi connectivity index (χ3n) is 3.28. The number of ether oxygens (including phenoxy) is 2. The summed E-state index contributed by atoms with van der Waals surface area (Å²) < 4.78 is 18.4. The minimum absolute atomic E-state index is 0.374. The zero-order valence-electron chi connectivity index (χ0n) is 13.9. The number of aromatic amines is 1. The largest absolute Gasteiger partial charge is 0.490 e. The summed E-state index contributed by atoms with van der Waals surface area (Å²) in [6.45, 7) is 4.99. The Kier molecular flexibility index (Phi) is 5.30. The molecule has 130 valence electrons. The van der Waals surface area contributed by atoms with E-state index >= 15 is 0 Å². The molecule has 0 radical (unpaired) electrons.